The van der Waals surface area contributed by atoms with Gasteiger partial charge in [-0.05, 0) is 125 Å². The van der Waals surface area contributed by atoms with E-state index in [9.17, 15) is 34.5 Å². The SMILES string of the molecule is C=C1C(C)CC(C)/C=C/C=C/C=C(\C)C(OCC2CCOC2)CC2CCC(C)C(O)(O2)C(=O)C(=O)N2CCCCC2C(=O)OC(C(C)CC2CCC(OCCO)C(OC)C2)CC(=O)C(C)/C=C(\C)C(O)C1OC. The maximum Gasteiger partial charge on any atom is 0.329 e. The van der Waals surface area contributed by atoms with Crippen LogP contribution >= 0.6 is 0 Å². The molecule has 4 fully saturated rings. The number of amides is 1. The van der Waals surface area contributed by atoms with Crippen molar-refractivity contribution in [3.05, 3.63) is 59.8 Å². The van der Waals surface area contributed by atoms with Crippen LogP contribution in [0.4, 0.5) is 0 Å². The van der Waals surface area contributed by atoms with Crippen molar-refractivity contribution in [3.8, 4) is 0 Å². The fourth-order valence-electron chi connectivity index (χ4n) is 11.5. The molecule has 16 atom stereocenters. The third kappa shape index (κ3) is 16.8. The third-order valence-electron chi connectivity index (χ3n) is 16.4. The van der Waals surface area contributed by atoms with Crippen LogP contribution in [0, 0.1) is 41.4 Å². The molecule has 1 aliphatic carbocycles. The zero-order valence-electron chi connectivity index (χ0n) is 45.5. The Morgan fingerprint density at radius 3 is 2.34 bits per heavy atom. The second-order valence-corrected chi connectivity index (χ2v) is 22.2. The van der Waals surface area contributed by atoms with Crippen LogP contribution in [0.5, 0.6) is 0 Å². The van der Waals surface area contributed by atoms with Crippen molar-refractivity contribution in [3.63, 3.8) is 0 Å². The number of carbonyl (C=O) groups excluding carboxylic acids is 4. The van der Waals surface area contributed by atoms with E-state index in [1.807, 2.05) is 38.2 Å². The van der Waals surface area contributed by atoms with Gasteiger partial charge < -0.3 is 53.4 Å². The molecule has 15 nitrogen and oxygen atoms in total. The van der Waals surface area contributed by atoms with Crippen molar-refractivity contribution >= 4 is 23.4 Å². The van der Waals surface area contributed by atoms with Crippen LogP contribution < -0.4 is 0 Å². The number of Topliss-reactive ketones (excluding diaryl/α,β-unsaturated/α-hetero) is 2. The Kier molecular flexibility index (Phi) is 24.2. The number of fused-ring (bicyclic) bond motifs is 3. The van der Waals surface area contributed by atoms with Gasteiger partial charge in [0.15, 0.2) is 0 Å². The Labute approximate surface area is 436 Å². The van der Waals surface area contributed by atoms with E-state index in [-0.39, 0.29) is 80.2 Å². The van der Waals surface area contributed by atoms with Gasteiger partial charge in [0, 0.05) is 58.0 Å². The quantitative estimate of drug-likeness (QED) is 0.104. The van der Waals surface area contributed by atoms with Gasteiger partial charge in [0.2, 0.25) is 5.79 Å². The number of cyclic esters (lactones) is 1. The number of carbonyl (C=O) groups is 4. The summed E-state index contributed by atoms with van der Waals surface area (Å²) in [5.74, 6) is -6.64. The number of aliphatic hydroxyl groups excluding tert-OH is 2. The second kappa shape index (κ2) is 29.2. The number of ketones is 2. The summed E-state index contributed by atoms with van der Waals surface area (Å²) in [6, 6.07) is -1.13. The molecule has 3 saturated heterocycles. The highest BCUT2D eigenvalue weighted by Crippen LogP contribution is 2.38. The number of allylic oxidation sites excluding steroid dienone is 6. The fourth-order valence-corrected chi connectivity index (χ4v) is 11.5. The molecule has 73 heavy (non-hydrogen) atoms. The number of hydrogen-bond donors (Lipinski definition) is 3. The van der Waals surface area contributed by atoms with Gasteiger partial charge in [0.25, 0.3) is 11.7 Å². The van der Waals surface area contributed by atoms with Gasteiger partial charge in [-0.15, -0.1) is 0 Å². The molecule has 4 aliphatic heterocycles. The fraction of sp³-hybridized carbons (Fsp3) is 0.759. The summed E-state index contributed by atoms with van der Waals surface area (Å²) in [5.41, 5.74) is 2.22. The molecule has 0 aromatic rings. The van der Waals surface area contributed by atoms with Crippen molar-refractivity contribution in [2.75, 3.05) is 53.8 Å². The maximum atomic E-state index is 14.6. The number of aliphatic hydroxyl groups is 3. The van der Waals surface area contributed by atoms with Crippen LogP contribution in [0.25, 0.3) is 0 Å². The summed E-state index contributed by atoms with van der Waals surface area (Å²) in [7, 11) is 3.19. The van der Waals surface area contributed by atoms with E-state index in [2.05, 4.69) is 26.5 Å². The summed E-state index contributed by atoms with van der Waals surface area (Å²) in [6.45, 7) is 19.7. The largest absolute Gasteiger partial charge is 0.460 e. The van der Waals surface area contributed by atoms with E-state index in [1.165, 1.54) is 4.90 Å². The van der Waals surface area contributed by atoms with Crippen LogP contribution in [0.15, 0.2) is 59.8 Å². The lowest BCUT2D eigenvalue weighted by molar-refractivity contribution is -0.266. The first-order valence-electron chi connectivity index (χ1n) is 27.3. The minimum atomic E-state index is -2.44. The number of esters is 1. The highest BCUT2D eigenvalue weighted by Gasteiger charge is 2.53. The number of piperidine rings is 1. The Balaban J connectivity index is 1.47. The lowest BCUT2D eigenvalue weighted by atomic mass is 9.78. The number of methoxy groups -OCH3 is 2. The van der Waals surface area contributed by atoms with Crippen molar-refractivity contribution in [2.24, 2.45) is 41.4 Å². The third-order valence-corrected chi connectivity index (χ3v) is 16.4. The Morgan fingerprint density at radius 2 is 1.64 bits per heavy atom. The lowest BCUT2D eigenvalue weighted by Crippen LogP contribution is -2.61. The average molecular weight is 1030 g/mol. The first kappa shape index (κ1) is 60.5. The van der Waals surface area contributed by atoms with E-state index in [4.69, 9.17) is 33.2 Å². The van der Waals surface area contributed by atoms with E-state index >= 15 is 0 Å². The van der Waals surface area contributed by atoms with Crippen LogP contribution in [0.1, 0.15) is 132 Å². The molecule has 412 valence electrons. The Bertz CT molecular complexity index is 1940. The van der Waals surface area contributed by atoms with Gasteiger partial charge >= 0.3 is 5.97 Å². The van der Waals surface area contributed by atoms with Crippen molar-refractivity contribution in [1.29, 1.82) is 0 Å². The summed E-state index contributed by atoms with van der Waals surface area (Å²) in [6.07, 6.45) is 14.7. The molecule has 0 aromatic heterocycles. The minimum Gasteiger partial charge on any atom is -0.460 e. The van der Waals surface area contributed by atoms with Crippen molar-refractivity contribution in [2.45, 2.75) is 186 Å². The Morgan fingerprint density at radius 1 is 0.877 bits per heavy atom. The molecule has 2 bridgehead atoms. The molecule has 15 heteroatoms. The number of ether oxygens (including phenoxy) is 7. The van der Waals surface area contributed by atoms with E-state index < -0.39 is 71.8 Å². The maximum absolute atomic E-state index is 14.6. The summed E-state index contributed by atoms with van der Waals surface area (Å²) < 4.78 is 42.5. The van der Waals surface area contributed by atoms with Crippen LogP contribution in [0.2, 0.25) is 0 Å². The second-order valence-electron chi connectivity index (χ2n) is 22.2. The van der Waals surface area contributed by atoms with Gasteiger partial charge in [0.05, 0.1) is 50.8 Å². The van der Waals surface area contributed by atoms with Gasteiger partial charge in [0.1, 0.15) is 30.1 Å². The molecule has 4 heterocycles. The highest BCUT2D eigenvalue weighted by molar-refractivity contribution is 6.39. The molecular weight excluding hydrogens is 935 g/mol. The summed E-state index contributed by atoms with van der Waals surface area (Å²) in [4.78, 5) is 59.1. The average Bonchev–Trinajstić information content (AvgIpc) is 3.90. The molecule has 5 rings (SSSR count). The molecular formula is C58H91NO14. The van der Waals surface area contributed by atoms with Gasteiger partial charge in [-0.2, -0.15) is 0 Å². The highest BCUT2D eigenvalue weighted by atomic mass is 16.6. The van der Waals surface area contributed by atoms with Gasteiger partial charge in [-0.25, -0.2) is 4.79 Å². The van der Waals surface area contributed by atoms with Crippen molar-refractivity contribution < 1.29 is 67.7 Å². The topological polar surface area (TPSA) is 197 Å². The number of nitrogens with zero attached hydrogens (tertiary/aromatic N) is 1. The number of rotatable bonds is 11. The zero-order valence-corrected chi connectivity index (χ0v) is 45.5. The first-order chi connectivity index (χ1) is 34.8. The molecule has 16 unspecified atom stereocenters. The summed E-state index contributed by atoms with van der Waals surface area (Å²) >= 11 is 0. The molecule has 5 aliphatic rings. The van der Waals surface area contributed by atoms with Crippen LogP contribution in [0.3, 0.4) is 0 Å². The minimum absolute atomic E-state index is 0.0102. The molecule has 0 radical (unpaired) electrons. The van der Waals surface area contributed by atoms with Crippen LogP contribution in [-0.4, -0.2) is 152 Å². The lowest BCUT2D eigenvalue weighted by Gasteiger charge is -2.43. The predicted octanol–water partition coefficient (Wildman–Crippen LogP) is 7.59. The smallest absolute Gasteiger partial charge is 0.329 e. The van der Waals surface area contributed by atoms with E-state index in [0.29, 0.717) is 76.8 Å². The molecule has 1 saturated carbocycles. The molecule has 0 aromatic carbocycles. The first-order valence-corrected chi connectivity index (χ1v) is 27.3. The Hall–Kier alpha value is -3.38. The predicted molar refractivity (Wildman–Crippen MR) is 278 cm³/mol. The normalized spacial score (nSPS) is 39.4. The monoisotopic (exact) mass is 1030 g/mol. The van der Waals surface area contributed by atoms with Gasteiger partial charge in [-0.1, -0.05) is 77.7 Å². The zero-order chi connectivity index (χ0) is 53.4. The molecule has 3 N–H and O–H groups in total. The van der Waals surface area contributed by atoms with Gasteiger partial charge in [-0.3, -0.25) is 14.4 Å². The van der Waals surface area contributed by atoms with E-state index in [0.717, 1.165) is 30.4 Å². The van der Waals surface area contributed by atoms with Crippen molar-refractivity contribution in [1.82, 2.24) is 4.90 Å². The molecule has 0 spiro atoms. The molecule has 1 amide bonds. The number of hydrogen-bond acceptors (Lipinski definition) is 14. The van der Waals surface area contributed by atoms with E-state index in [1.54, 1.807) is 41.1 Å². The van der Waals surface area contributed by atoms with Crippen LogP contribution in [-0.2, 0) is 52.3 Å². The standard InChI is InChI=1S/C58H91NO14/c1-36-16-12-11-13-17-37(2)50(71-35-45-23-26-69-34-45)32-46-21-19-42(7)58(66,73-46)55(63)56(64)59-24-15-14-18-47(59)57(65)72-51(40(5)30-44-20-22-49(70-27-25-60)52(31-44)67-9)33-48(61)39(4)29-41(6)53(62)54(68-10)43(8)38(3)28-36/h11-13,16-17,29,36,38-40,42,44-47,49-54,60,62,66H,8,14-15,18-28,30-35H2,1-7,9-10H3/b13-11+,16-12+,37-17+,41-29+. The summed E-state index contributed by atoms with van der Waals surface area (Å²) in [5, 5.41) is 33.3.